The average Bonchev–Trinajstić information content (AvgIpc) is 3.27. The third kappa shape index (κ3) is 3.01. The second kappa shape index (κ2) is 5.88. The smallest absolute Gasteiger partial charge is 0.343 e. The third-order valence-electron chi connectivity index (χ3n) is 3.41. The van der Waals surface area contributed by atoms with Crippen molar-refractivity contribution in [3.63, 3.8) is 0 Å². The highest BCUT2D eigenvalue weighted by Crippen LogP contribution is 2.33. The molecule has 22 heavy (non-hydrogen) atoms. The van der Waals surface area contributed by atoms with Gasteiger partial charge in [-0.2, -0.15) is 5.10 Å². The zero-order valence-corrected chi connectivity index (χ0v) is 13.1. The molecule has 1 aromatic heterocycles. The van der Waals surface area contributed by atoms with Crippen LogP contribution in [0.1, 0.15) is 45.4 Å². The topological polar surface area (TPSA) is 96.8 Å². The number of nitrogens with one attached hydrogen (secondary N) is 2. The Balaban J connectivity index is 1.74. The molecular weight excluding hydrogens is 352 g/mol. The normalized spacial score (nSPS) is 13.9. The van der Waals surface area contributed by atoms with Crippen molar-refractivity contribution < 1.29 is 9.59 Å². The molecule has 0 bridgehead atoms. The zero-order valence-electron chi connectivity index (χ0n) is 11.5. The maximum atomic E-state index is 12.2. The number of hydrogen-bond acceptors (Lipinski definition) is 4. The number of carbonyl (C=O) groups is 2. The summed E-state index contributed by atoms with van der Waals surface area (Å²) in [5.41, 5.74) is 0.527. The number of amides is 1. The molecule has 0 spiro atoms. The van der Waals surface area contributed by atoms with Crippen molar-refractivity contribution in [3.05, 3.63) is 50.1 Å². The number of nitrogens with zero attached hydrogens (tertiary/aromatic N) is 2. The molecule has 2 aromatic rings. The highest BCUT2D eigenvalue weighted by Gasteiger charge is 2.28. The van der Waals surface area contributed by atoms with E-state index in [4.69, 9.17) is 0 Å². The molecule has 0 radical (unpaired) electrons. The van der Waals surface area contributed by atoms with Crippen LogP contribution in [0.3, 0.4) is 0 Å². The van der Waals surface area contributed by atoms with Crippen LogP contribution in [0.4, 0.5) is 0 Å². The lowest BCUT2D eigenvalue weighted by atomic mass is 10.1. The summed E-state index contributed by atoms with van der Waals surface area (Å²) in [6.07, 6.45) is 2.59. The number of aromatic nitrogens is 3. The fourth-order valence-electron chi connectivity index (χ4n) is 2.24. The first-order chi connectivity index (χ1) is 10.6. The van der Waals surface area contributed by atoms with Crippen LogP contribution < -0.4 is 11.0 Å². The number of halogens is 1. The summed E-state index contributed by atoms with van der Waals surface area (Å²) < 4.78 is 2.23. The minimum atomic E-state index is -0.331. The van der Waals surface area contributed by atoms with Crippen LogP contribution in [0.15, 0.2) is 27.5 Å². The molecule has 1 aliphatic rings. The predicted molar refractivity (Wildman–Crippen MR) is 81.8 cm³/mol. The first-order valence-electron chi connectivity index (χ1n) is 6.78. The molecule has 1 fully saturated rings. The Kier molecular flexibility index (Phi) is 3.93. The highest BCUT2D eigenvalue weighted by molar-refractivity contribution is 9.10. The van der Waals surface area contributed by atoms with Crippen molar-refractivity contribution in [2.45, 2.75) is 25.4 Å². The lowest BCUT2D eigenvalue weighted by molar-refractivity contribution is 0.0949. The van der Waals surface area contributed by atoms with E-state index in [0.717, 1.165) is 12.8 Å². The summed E-state index contributed by atoms with van der Waals surface area (Å²) in [6, 6.07) is 4.94. The molecule has 8 heteroatoms. The van der Waals surface area contributed by atoms with Gasteiger partial charge < -0.3 is 5.32 Å². The van der Waals surface area contributed by atoms with Gasteiger partial charge in [0.2, 0.25) is 0 Å². The number of benzene rings is 1. The molecule has 2 N–H and O–H groups in total. The molecule has 1 aliphatic carbocycles. The van der Waals surface area contributed by atoms with Crippen LogP contribution >= 0.6 is 15.9 Å². The Morgan fingerprint density at radius 3 is 2.91 bits per heavy atom. The van der Waals surface area contributed by atoms with Gasteiger partial charge in [0.1, 0.15) is 6.29 Å². The maximum Gasteiger partial charge on any atom is 0.343 e. The molecule has 1 aromatic carbocycles. The van der Waals surface area contributed by atoms with Gasteiger partial charge >= 0.3 is 5.69 Å². The fraction of sp³-hybridized carbons (Fsp3) is 0.286. The largest absolute Gasteiger partial charge is 0.345 e. The van der Waals surface area contributed by atoms with E-state index in [2.05, 4.69) is 31.4 Å². The van der Waals surface area contributed by atoms with Crippen LogP contribution in [-0.2, 0) is 6.54 Å². The summed E-state index contributed by atoms with van der Waals surface area (Å²) >= 11 is 3.26. The van der Waals surface area contributed by atoms with Crippen LogP contribution in [0, 0.1) is 0 Å². The molecule has 0 saturated heterocycles. The van der Waals surface area contributed by atoms with E-state index in [-0.39, 0.29) is 24.2 Å². The summed E-state index contributed by atoms with van der Waals surface area (Å²) in [4.78, 5) is 34.7. The van der Waals surface area contributed by atoms with Gasteiger partial charge in [-0.1, -0.05) is 15.9 Å². The van der Waals surface area contributed by atoms with Gasteiger partial charge in [-0.3, -0.25) is 14.2 Å². The Morgan fingerprint density at radius 1 is 1.45 bits per heavy atom. The van der Waals surface area contributed by atoms with Gasteiger partial charge in [0.05, 0.1) is 6.54 Å². The van der Waals surface area contributed by atoms with E-state index in [0.29, 0.717) is 27.7 Å². The molecule has 7 nitrogen and oxygen atoms in total. The standard InChI is InChI=1S/C14H13BrN4O3/c15-10-4-8(7-20)3-9(5-10)13(21)16-6-12-17-18-14(22)19(12)11-1-2-11/h3-5,7,11H,1-2,6H2,(H,16,21)(H,18,22). The minimum absolute atomic E-state index is 0.150. The van der Waals surface area contributed by atoms with E-state index in [1.54, 1.807) is 16.7 Å². The lowest BCUT2D eigenvalue weighted by Crippen LogP contribution is -2.26. The van der Waals surface area contributed by atoms with Crippen molar-refractivity contribution in [1.82, 2.24) is 20.1 Å². The van der Waals surface area contributed by atoms with E-state index >= 15 is 0 Å². The molecule has 1 heterocycles. The number of hydrogen-bond donors (Lipinski definition) is 2. The SMILES string of the molecule is O=Cc1cc(Br)cc(C(=O)NCc2n[nH]c(=O)n2C2CC2)c1. The quantitative estimate of drug-likeness (QED) is 0.783. The van der Waals surface area contributed by atoms with Crippen molar-refractivity contribution in [2.24, 2.45) is 0 Å². The molecule has 0 atom stereocenters. The fourth-order valence-corrected chi connectivity index (χ4v) is 2.76. The summed E-state index contributed by atoms with van der Waals surface area (Å²) in [6.45, 7) is 0.150. The van der Waals surface area contributed by atoms with Crippen LogP contribution in [-0.4, -0.2) is 27.0 Å². The molecule has 0 aliphatic heterocycles. The van der Waals surface area contributed by atoms with Crippen LogP contribution in [0.5, 0.6) is 0 Å². The molecule has 0 unspecified atom stereocenters. The third-order valence-corrected chi connectivity index (χ3v) is 3.87. The Bertz CT molecular complexity index is 792. The number of carbonyl (C=O) groups excluding carboxylic acids is 2. The van der Waals surface area contributed by atoms with E-state index in [1.807, 2.05) is 0 Å². The summed E-state index contributed by atoms with van der Waals surface area (Å²) in [5, 5.41) is 9.05. The van der Waals surface area contributed by atoms with Crippen molar-refractivity contribution in [1.29, 1.82) is 0 Å². The van der Waals surface area contributed by atoms with Gasteiger partial charge in [-0.05, 0) is 31.0 Å². The number of aromatic amines is 1. The van der Waals surface area contributed by atoms with Crippen molar-refractivity contribution in [2.75, 3.05) is 0 Å². The Hall–Kier alpha value is -2.22. The van der Waals surface area contributed by atoms with E-state index in [9.17, 15) is 14.4 Å². The molecule has 1 saturated carbocycles. The van der Waals surface area contributed by atoms with Gasteiger partial charge in [0, 0.05) is 21.6 Å². The zero-order chi connectivity index (χ0) is 15.7. The van der Waals surface area contributed by atoms with Gasteiger partial charge in [-0.25, -0.2) is 9.89 Å². The maximum absolute atomic E-state index is 12.2. The number of rotatable bonds is 5. The average molecular weight is 365 g/mol. The van der Waals surface area contributed by atoms with Gasteiger partial charge in [0.15, 0.2) is 5.82 Å². The Labute approximate surface area is 133 Å². The van der Waals surface area contributed by atoms with Crippen LogP contribution in [0.25, 0.3) is 0 Å². The van der Waals surface area contributed by atoms with Crippen molar-refractivity contribution >= 4 is 28.1 Å². The number of H-pyrrole nitrogens is 1. The lowest BCUT2D eigenvalue weighted by Gasteiger charge is -2.07. The second-order valence-electron chi connectivity index (χ2n) is 5.12. The highest BCUT2D eigenvalue weighted by atomic mass is 79.9. The molecule has 114 valence electrons. The first-order valence-corrected chi connectivity index (χ1v) is 7.57. The molecule has 3 rings (SSSR count). The van der Waals surface area contributed by atoms with E-state index in [1.165, 1.54) is 6.07 Å². The number of aldehydes is 1. The monoisotopic (exact) mass is 364 g/mol. The van der Waals surface area contributed by atoms with Crippen LogP contribution in [0.2, 0.25) is 0 Å². The van der Waals surface area contributed by atoms with Crippen molar-refractivity contribution in [3.8, 4) is 0 Å². The summed E-state index contributed by atoms with van der Waals surface area (Å²) in [5.74, 6) is 0.175. The van der Waals surface area contributed by atoms with Gasteiger partial charge in [-0.15, -0.1) is 0 Å². The van der Waals surface area contributed by atoms with E-state index < -0.39 is 0 Å². The minimum Gasteiger partial charge on any atom is -0.345 e. The first kappa shape index (κ1) is 14.7. The molecule has 1 amide bonds. The molecular formula is C14H13BrN4O3. The second-order valence-corrected chi connectivity index (χ2v) is 6.04. The predicted octanol–water partition coefficient (Wildman–Crippen LogP) is 1.41. The van der Waals surface area contributed by atoms with Gasteiger partial charge in [0.25, 0.3) is 5.91 Å². The summed E-state index contributed by atoms with van der Waals surface area (Å²) in [7, 11) is 0. The Morgan fingerprint density at radius 2 is 2.23 bits per heavy atom.